The highest BCUT2D eigenvalue weighted by Crippen LogP contribution is 2.33. The predicted molar refractivity (Wildman–Crippen MR) is 141 cm³/mol. The van der Waals surface area contributed by atoms with E-state index < -0.39 is 0 Å². The summed E-state index contributed by atoms with van der Waals surface area (Å²) in [6.07, 6.45) is 1.13. The second-order valence-corrected chi connectivity index (χ2v) is 9.27. The minimum atomic E-state index is -0.235. The number of benzene rings is 3. The SMILES string of the molecule is COc1cccc(Cc2nsc(Oc3ccc(C(=O)NCCc4ccc(Cl)cc4Cl)cc3OC)n2)c1. The molecular weight excluding hydrogens is 521 g/mol. The van der Waals surface area contributed by atoms with Gasteiger partial charge in [0.1, 0.15) is 5.75 Å². The number of ether oxygens (including phenoxy) is 3. The van der Waals surface area contributed by atoms with E-state index in [1.807, 2.05) is 30.3 Å². The van der Waals surface area contributed by atoms with Crippen molar-refractivity contribution in [3.8, 4) is 22.4 Å². The lowest BCUT2D eigenvalue weighted by atomic mass is 10.1. The zero-order valence-electron chi connectivity index (χ0n) is 19.6. The van der Waals surface area contributed by atoms with Crippen LogP contribution in [-0.4, -0.2) is 36.0 Å². The van der Waals surface area contributed by atoms with Crippen LogP contribution in [0.4, 0.5) is 0 Å². The third-order valence-electron chi connectivity index (χ3n) is 5.26. The monoisotopic (exact) mass is 543 g/mol. The number of nitrogens with zero attached hydrogens (tertiary/aromatic N) is 2. The first kappa shape index (κ1) is 25.8. The Kier molecular flexibility index (Phi) is 8.64. The summed E-state index contributed by atoms with van der Waals surface area (Å²) in [5.41, 5.74) is 2.38. The summed E-state index contributed by atoms with van der Waals surface area (Å²) in [6, 6.07) is 18.0. The van der Waals surface area contributed by atoms with Crippen LogP contribution in [0.1, 0.15) is 27.3 Å². The molecule has 0 radical (unpaired) electrons. The number of hydrogen-bond donors (Lipinski definition) is 1. The van der Waals surface area contributed by atoms with Gasteiger partial charge in [-0.25, -0.2) is 0 Å². The van der Waals surface area contributed by atoms with Crippen LogP contribution in [-0.2, 0) is 12.8 Å². The number of rotatable bonds is 10. The number of amides is 1. The lowest BCUT2D eigenvalue weighted by molar-refractivity contribution is 0.0953. The van der Waals surface area contributed by atoms with E-state index in [1.165, 1.54) is 7.11 Å². The molecule has 186 valence electrons. The minimum absolute atomic E-state index is 0.235. The summed E-state index contributed by atoms with van der Waals surface area (Å²) in [4.78, 5) is 17.1. The lowest BCUT2D eigenvalue weighted by Gasteiger charge is -2.11. The molecule has 1 heterocycles. The summed E-state index contributed by atoms with van der Waals surface area (Å²) in [5.74, 6) is 2.03. The van der Waals surface area contributed by atoms with Crippen molar-refractivity contribution in [1.82, 2.24) is 14.7 Å². The van der Waals surface area contributed by atoms with E-state index in [-0.39, 0.29) is 5.91 Å². The molecule has 0 spiro atoms. The van der Waals surface area contributed by atoms with Crippen molar-refractivity contribution in [3.05, 3.63) is 93.2 Å². The largest absolute Gasteiger partial charge is 0.497 e. The van der Waals surface area contributed by atoms with E-state index in [4.69, 9.17) is 37.4 Å². The van der Waals surface area contributed by atoms with Crippen molar-refractivity contribution in [1.29, 1.82) is 0 Å². The van der Waals surface area contributed by atoms with Gasteiger partial charge in [0.2, 0.25) is 0 Å². The van der Waals surface area contributed by atoms with Crippen LogP contribution in [0.15, 0.2) is 60.7 Å². The normalized spacial score (nSPS) is 10.7. The molecule has 10 heteroatoms. The zero-order valence-corrected chi connectivity index (χ0v) is 21.9. The molecule has 0 aliphatic rings. The van der Waals surface area contributed by atoms with Gasteiger partial charge in [-0.15, -0.1) is 0 Å². The van der Waals surface area contributed by atoms with Crippen molar-refractivity contribution in [2.24, 2.45) is 0 Å². The molecule has 36 heavy (non-hydrogen) atoms. The van der Waals surface area contributed by atoms with Crippen molar-refractivity contribution < 1.29 is 19.0 Å². The fourth-order valence-corrected chi connectivity index (χ4v) is 4.51. The molecule has 0 saturated heterocycles. The smallest absolute Gasteiger partial charge is 0.298 e. The Hall–Kier alpha value is -3.33. The van der Waals surface area contributed by atoms with E-state index in [9.17, 15) is 4.79 Å². The highest BCUT2D eigenvalue weighted by atomic mass is 35.5. The quantitative estimate of drug-likeness (QED) is 0.255. The topological polar surface area (TPSA) is 82.6 Å². The number of nitrogens with one attached hydrogen (secondary N) is 1. The summed E-state index contributed by atoms with van der Waals surface area (Å²) >= 11 is 13.3. The van der Waals surface area contributed by atoms with Gasteiger partial charge in [0.15, 0.2) is 17.3 Å². The summed E-state index contributed by atoms with van der Waals surface area (Å²) in [6.45, 7) is 0.418. The molecule has 0 unspecified atom stereocenters. The molecule has 4 aromatic rings. The third kappa shape index (κ3) is 6.66. The molecule has 1 N–H and O–H groups in total. The molecule has 1 aromatic heterocycles. The number of methoxy groups -OCH3 is 2. The molecule has 0 aliphatic heterocycles. The predicted octanol–water partition coefficient (Wildman–Crippen LogP) is 6.22. The van der Waals surface area contributed by atoms with Crippen LogP contribution in [0.3, 0.4) is 0 Å². The Balaban J connectivity index is 1.37. The minimum Gasteiger partial charge on any atom is -0.497 e. The Morgan fingerprint density at radius 1 is 1.00 bits per heavy atom. The number of aromatic nitrogens is 2. The fraction of sp³-hybridized carbons (Fsp3) is 0.192. The molecule has 0 saturated carbocycles. The Morgan fingerprint density at radius 3 is 2.64 bits per heavy atom. The first-order valence-corrected chi connectivity index (χ1v) is 12.5. The molecule has 0 fully saturated rings. The van der Waals surface area contributed by atoms with Crippen LogP contribution < -0.4 is 19.5 Å². The average Bonchev–Trinajstić information content (AvgIpc) is 3.32. The Bertz CT molecular complexity index is 1360. The number of hydrogen-bond acceptors (Lipinski definition) is 7. The average molecular weight is 544 g/mol. The molecular formula is C26H23Cl2N3O4S. The fourth-order valence-electron chi connectivity index (χ4n) is 3.44. The van der Waals surface area contributed by atoms with E-state index >= 15 is 0 Å². The molecule has 0 atom stereocenters. The Morgan fingerprint density at radius 2 is 1.86 bits per heavy atom. The number of halogens is 2. The lowest BCUT2D eigenvalue weighted by Crippen LogP contribution is -2.25. The van der Waals surface area contributed by atoms with E-state index in [1.54, 1.807) is 37.4 Å². The molecule has 7 nitrogen and oxygen atoms in total. The van der Waals surface area contributed by atoms with Gasteiger partial charge in [-0.1, -0.05) is 41.4 Å². The highest BCUT2D eigenvalue weighted by molar-refractivity contribution is 7.07. The van der Waals surface area contributed by atoms with Crippen LogP contribution in [0.2, 0.25) is 10.0 Å². The molecule has 3 aromatic carbocycles. The molecule has 1 amide bonds. The maximum atomic E-state index is 12.6. The zero-order chi connectivity index (χ0) is 25.5. The van der Waals surface area contributed by atoms with Crippen LogP contribution >= 0.6 is 34.7 Å². The number of carbonyl (C=O) groups excluding carboxylic acids is 1. The second kappa shape index (κ2) is 12.1. The van der Waals surface area contributed by atoms with Gasteiger partial charge in [-0.05, 0) is 60.0 Å². The summed E-state index contributed by atoms with van der Waals surface area (Å²) in [7, 11) is 3.15. The number of carbonyl (C=O) groups is 1. The van der Waals surface area contributed by atoms with Gasteiger partial charge in [0, 0.05) is 40.1 Å². The standard InChI is InChI=1S/C26H23Cl2N3O4S/c1-33-20-5-3-4-16(12-20)13-24-30-26(36-31-24)35-22-9-7-18(14-23(22)34-2)25(32)29-11-10-17-6-8-19(27)15-21(17)28/h3-9,12,14-15H,10-11,13H2,1-2H3,(H,29,32). The molecule has 4 rings (SSSR count). The van der Waals surface area contributed by atoms with E-state index in [0.29, 0.717) is 57.5 Å². The first-order valence-electron chi connectivity index (χ1n) is 11.0. The van der Waals surface area contributed by atoms with Crippen molar-refractivity contribution in [3.63, 3.8) is 0 Å². The van der Waals surface area contributed by atoms with Crippen molar-refractivity contribution in [2.75, 3.05) is 20.8 Å². The Labute approximate surface area is 223 Å². The van der Waals surface area contributed by atoms with Crippen LogP contribution in [0, 0.1) is 0 Å². The second-order valence-electron chi connectivity index (χ2n) is 7.71. The summed E-state index contributed by atoms with van der Waals surface area (Å²) in [5, 5.41) is 4.41. The van der Waals surface area contributed by atoms with Gasteiger partial charge in [-0.3, -0.25) is 4.79 Å². The third-order valence-corrected chi connectivity index (χ3v) is 6.48. The van der Waals surface area contributed by atoms with Gasteiger partial charge in [0.25, 0.3) is 11.1 Å². The van der Waals surface area contributed by atoms with Crippen molar-refractivity contribution in [2.45, 2.75) is 12.8 Å². The van der Waals surface area contributed by atoms with Gasteiger partial charge in [-0.2, -0.15) is 9.36 Å². The van der Waals surface area contributed by atoms with Gasteiger partial charge < -0.3 is 19.5 Å². The van der Waals surface area contributed by atoms with E-state index in [0.717, 1.165) is 28.4 Å². The maximum absolute atomic E-state index is 12.6. The summed E-state index contributed by atoms with van der Waals surface area (Å²) < 4.78 is 21.0. The highest BCUT2D eigenvalue weighted by Gasteiger charge is 2.14. The first-order chi connectivity index (χ1) is 17.4. The van der Waals surface area contributed by atoms with Crippen LogP contribution in [0.25, 0.3) is 0 Å². The van der Waals surface area contributed by atoms with Crippen LogP contribution in [0.5, 0.6) is 22.4 Å². The maximum Gasteiger partial charge on any atom is 0.298 e. The van der Waals surface area contributed by atoms with Crippen molar-refractivity contribution >= 4 is 40.6 Å². The van der Waals surface area contributed by atoms with E-state index in [2.05, 4.69) is 14.7 Å². The molecule has 0 bridgehead atoms. The molecule has 0 aliphatic carbocycles. The van der Waals surface area contributed by atoms with Gasteiger partial charge in [0.05, 0.1) is 14.2 Å². The van der Waals surface area contributed by atoms with Gasteiger partial charge >= 0.3 is 0 Å².